The summed E-state index contributed by atoms with van der Waals surface area (Å²) in [5, 5.41) is 7.06. The van der Waals surface area contributed by atoms with Crippen LogP contribution in [-0.4, -0.2) is 47.4 Å². The summed E-state index contributed by atoms with van der Waals surface area (Å²) in [6.45, 7) is 8.75. The Morgan fingerprint density at radius 1 is 0.325 bits per heavy atom. The van der Waals surface area contributed by atoms with Crippen LogP contribution in [0.1, 0.15) is 27.7 Å². The largest absolute Gasteiger partial charge is 0.373 e. The molecule has 0 amide bonds. The summed E-state index contributed by atoms with van der Waals surface area (Å²) in [5.41, 5.74) is 7.91. The van der Waals surface area contributed by atoms with Crippen LogP contribution in [0.15, 0.2) is 220 Å². The first-order valence-corrected chi connectivity index (χ1v) is 24.6. The summed E-state index contributed by atoms with van der Waals surface area (Å²) in [5.74, 6) is 2.86. The van der Waals surface area contributed by atoms with Crippen molar-refractivity contribution in [1.29, 1.82) is 0 Å². The zero-order chi connectivity index (χ0) is 52.2. The van der Waals surface area contributed by atoms with Gasteiger partial charge in [0, 0.05) is 195 Å². The maximum Gasteiger partial charge on any atom is 0.0608 e. The van der Waals surface area contributed by atoms with Crippen molar-refractivity contribution in [3.8, 4) is 34.2 Å². The fraction of sp³-hybridized carbons (Fsp3) is 0.123. The number of hydrogen-bond acceptors (Lipinski definition) is 5. The minimum absolute atomic E-state index is 0. The molecule has 14 rings (SSSR count). The van der Waals surface area contributed by atoms with Crippen molar-refractivity contribution in [2.24, 2.45) is 26.6 Å². The summed E-state index contributed by atoms with van der Waals surface area (Å²) in [6.07, 6.45) is 18.8. The molecule has 0 unspecified atom stereocenters. The third-order valence-corrected chi connectivity index (χ3v) is 11.7. The summed E-state index contributed by atoms with van der Waals surface area (Å²) in [6, 6.07) is 68.4. The molecule has 417 valence electrons. The number of imidazole rings is 5. The van der Waals surface area contributed by atoms with Gasteiger partial charge in [0.15, 0.2) is 0 Å². The molecule has 0 aliphatic rings. The van der Waals surface area contributed by atoms with E-state index in [1.807, 2.05) is 175 Å². The second-order valence-corrected chi connectivity index (χ2v) is 19.1. The van der Waals surface area contributed by atoms with E-state index >= 15 is 0 Å². The zero-order valence-electron chi connectivity index (χ0n) is 44.9. The van der Waals surface area contributed by atoms with Crippen LogP contribution in [0.3, 0.4) is 0 Å². The predicted octanol–water partition coefficient (Wildman–Crippen LogP) is 14.6. The van der Waals surface area contributed by atoms with Crippen LogP contribution in [0, 0.1) is 35.7 Å². The van der Waals surface area contributed by atoms with Gasteiger partial charge < -0.3 is 22.5 Å². The molecule has 7 aromatic heterocycles. The second kappa shape index (κ2) is 31.7. The number of aromatic nitrogens is 10. The van der Waals surface area contributed by atoms with E-state index in [4.69, 9.17) is 0 Å². The van der Waals surface area contributed by atoms with Crippen LogP contribution in [0.25, 0.3) is 88.8 Å². The number of para-hydroxylation sites is 2. The number of nitrogens with zero attached hydrogens (tertiary/aromatic N) is 10. The van der Waals surface area contributed by atoms with Crippen molar-refractivity contribution < 1.29 is 101 Å². The summed E-state index contributed by atoms with van der Waals surface area (Å²) >= 11 is 0. The second-order valence-electron chi connectivity index (χ2n) is 19.1. The molecule has 0 fully saturated rings. The van der Waals surface area contributed by atoms with Gasteiger partial charge in [-0.15, -0.1) is 167 Å². The van der Waals surface area contributed by atoms with Gasteiger partial charge in [0.25, 0.3) is 0 Å². The average molecular weight is 1940 g/mol. The van der Waals surface area contributed by atoms with Gasteiger partial charge >= 0.3 is 0 Å². The van der Waals surface area contributed by atoms with Crippen molar-refractivity contribution in [2.75, 3.05) is 0 Å². The first-order chi connectivity index (χ1) is 36.5. The van der Waals surface area contributed by atoms with Crippen LogP contribution in [0.5, 0.6) is 0 Å². The molecule has 0 aliphatic heterocycles. The van der Waals surface area contributed by atoms with Crippen molar-refractivity contribution in [3.05, 3.63) is 250 Å². The third-order valence-electron chi connectivity index (χ3n) is 11.7. The standard InChI is InChI=1S/2C15H9N2.3C10H9N2.C5H12.5Ir/c2*1-2-7-13-11(5-1)12-6-3-4-8-14(12)17-10-9-16-15(13)17;3*1-12-8-7-11-10(12)9-5-3-2-4-6-9;1-5(2,3)4;;;;;/h2*1-6,8-10H;3*2-5,7-8H,1H3;1-4H3;;;;;/q5*-1;;;;;;. The molecule has 15 heteroatoms. The Morgan fingerprint density at radius 2 is 0.613 bits per heavy atom. The fourth-order valence-corrected chi connectivity index (χ4v) is 8.35. The molecule has 0 saturated carbocycles. The van der Waals surface area contributed by atoms with E-state index in [1.165, 1.54) is 32.6 Å². The van der Waals surface area contributed by atoms with Crippen molar-refractivity contribution in [3.63, 3.8) is 0 Å². The number of fused-ring (bicyclic) bond motifs is 12. The Labute approximate surface area is 535 Å². The molecule has 0 spiro atoms. The Hall–Kier alpha value is -6.16. The van der Waals surface area contributed by atoms with E-state index in [0.29, 0.717) is 5.41 Å². The van der Waals surface area contributed by atoms with Crippen LogP contribution < -0.4 is 0 Å². The normalized spacial score (nSPS) is 10.2. The maximum atomic E-state index is 4.43. The van der Waals surface area contributed by atoms with Crippen LogP contribution in [0.4, 0.5) is 0 Å². The predicted molar refractivity (Wildman–Crippen MR) is 306 cm³/mol. The maximum absolute atomic E-state index is 4.43. The van der Waals surface area contributed by atoms with Gasteiger partial charge in [-0.1, -0.05) is 74.9 Å². The number of hydrogen-bond donors (Lipinski definition) is 0. The van der Waals surface area contributed by atoms with E-state index in [9.17, 15) is 0 Å². The van der Waals surface area contributed by atoms with Crippen molar-refractivity contribution in [2.45, 2.75) is 27.7 Å². The minimum Gasteiger partial charge on any atom is -0.373 e. The first kappa shape index (κ1) is 66.3. The number of benzene rings is 7. The van der Waals surface area contributed by atoms with Gasteiger partial charge in [-0.2, -0.15) is 0 Å². The minimum atomic E-state index is 0. The molecule has 0 atom stereocenters. The quantitative estimate of drug-likeness (QED) is 0.130. The van der Waals surface area contributed by atoms with E-state index in [-0.39, 0.29) is 101 Å². The molecule has 0 saturated heterocycles. The Kier molecular flexibility index (Phi) is 26.3. The molecule has 80 heavy (non-hydrogen) atoms. The van der Waals surface area contributed by atoms with Crippen LogP contribution in [-0.2, 0) is 122 Å². The molecule has 0 N–H and O–H groups in total. The SMILES string of the molecule is CC(C)(C)C.Cn1ccnc1-c1[c-]cccc1.Cn1ccnc1-c1[c-]cccc1.Cn1ccnc1-c1[c-]cccc1.[Ir].[Ir].[Ir].[Ir].[Ir].[c-]1cccc2c1c1nccn1c1ccccc21.[c-]1cccc2c1c1nccn1c1ccccc21. The summed E-state index contributed by atoms with van der Waals surface area (Å²) in [7, 11) is 5.93. The van der Waals surface area contributed by atoms with Gasteiger partial charge in [-0.25, -0.2) is 0 Å². The van der Waals surface area contributed by atoms with Gasteiger partial charge in [0.2, 0.25) is 0 Å². The van der Waals surface area contributed by atoms with Crippen LogP contribution in [0.2, 0.25) is 0 Å². The molecule has 0 aliphatic carbocycles. The monoisotopic (exact) mass is 1940 g/mol. The first-order valence-electron chi connectivity index (χ1n) is 24.6. The summed E-state index contributed by atoms with van der Waals surface area (Å²) in [4.78, 5) is 21.5. The van der Waals surface area contributed by atoms with Crippen molar-refractivity contribution >= 4 is 54.6 Å². The molecule has 0 bridgehead atoms. The van der Waals surface area contributed by atoms with E-state index in [0.717, 1.165) is 56.2 Å². The molecule has 7 aromatic carbocycles. The van der Waals surface area contributed by atoms with E-state index in [1.54, 1.807) is 18.6 Å². The number of pyridine rings is 2. The topological polar surface area (TPSA) is 88.1 Å². The molecular weight excluding hydrogens is 1880 g/mol. The Bertz CT molecular complexity index is 3600. The van der Waals surface area contributed by atoms with E-state index in [2.05, 4.69) is 152 Å². The molecule has 10 nitrogen and oxygen atoms in total. The molecule has 14 aromatic rings. The Morgan fingerprint density at radius 3 is 0.912 bits per heavy atom. The summed E-state index contributed by atoms with van der Waals surface area (Å²) < 4.78 is 10.2. The molecule has 5 radical (unpaired) electrons. The number of aryl methyl sites for hydroxylation is 3. The number of rotatable bonds is 3. The molecule has 7 heterocycles. The zero-order valence-corrected chi connectivity index (χ0v) is 56.9. The average Bonchev–Trinajstić information content (AvgIpc) is 4.49. The van der Waals surface area contributed by atoms with Crippen LogP contribution >= 0.6 is 0 Å². The van der Waals surface area contributed by atoms with Gasteiger partial charge in [-0.3, -0.25) is 24.9 Å². The van der Waals surface area contributed by atoms with Crippen molar-refractivity contribution in [1.82, 2.24) is 47.4 Å². The van der Waals surface area contributed by atoms with Gasteiger partial charge in [0.1, 0.15) is 0 Å². The smallest absolute Gasteiger partial charge is 0.0608 e. The fourth-order valence-electron chi connectivity index (χ4n) is 8.35. The third kappa shape index (κ3) is 16.5. The van der Waals surface area contributed by atoms with Gasteiger partial charge in [-0.05, 0) is 28.3 Å². The molecular formula is C65H57Ir5N10-5. The Balaban J connectivity index is 0.000000209. The van der Waals surface area contributed by atoms with Gasteiger partial charge in [0.05, 0.1) is 28.8 Å². The van der Waals surface area contributed by atoms with E-state index < -0.39 is 0 Å².